The molecule has 0 aliphatic heterocycles. The standard InChI is InChI=1S/C25H21N3O/c26-16-18-8-1-2-10-20(18)22-12-3-4-13-23(22)25(29)27-15-7-9-19-17-28-24-14-6-5-11-21(19)24/h1-6,8,10-14,17,28H,7,9,15H2,(H,27,29). The minimum atomic E-state index is -0.118. The van der Waals surface area contributed by atoms with E-state index >= 15 is 0 Å². The number of rotatable bonds is 6. The molecule has 1 heterocycles. The summed E-state index contributed by atoms with van der Waals surface area (Å²) in [5.41, 5.74) is 5.10. The zero-order valence-electron chi connectivity index (χ0n) is 16.0. The molecule has 29 heavy (non-hydrogen) atoms. The number of carbonyl (C=O) groups is 1. The van der Waals surface area contributed by atoms with Gasteiger partial charge in [-0.1, -0.05) is 54.6 Å². The van der Waals surface area contributed by atoms with Gasteiger partial charge in [-0.15, -0.1) is 0 Å². The summed E-state index contributed by atoms with van der Waals surface area (Å²) in [6.07, 6.45) is 3.79. The molecule has 0 atom stereocenters. The number of nitriles is 1. The van der Waals surface area contributed by atoms with Crippen molar-refractivity contribution >= 4 is 16.8 Å². The topological polar surface area (TPSA) is 68.7 Å². The van der Waals surface area contributed by atoms with Gasteiger partial charge in [-0.25, -0.2) is 0 Å². The molecule has 0 spiro atoms. The van der Waals surface area contributed by atoms with Crippen LogP contribution in [0.2, 0.25) is 0 Å². The Kier molecular flexibility index (Phi) is 5.40. The average molecular weight is 379 g/mol. The fourth-order valence-electron chi connectivity index (χ4n) is 3.65. The maximum atomic E-state index is 12.8. The number of aryl methyl sites for hydroxylation is 1. The molecule has 4 nitrogen and oxygen atoms in total. The Balaban J connectivity index is 1.44. The molecule has 1 amide bonds. The Morgan fingerprint density at radius 2 is 1.66 bits per heavy atom. The number of nitrogens with one attached hydrogen (secondary N) is 2. The Hall–Kier alpha value is -3.84. The predicted molar refractivity (Wildman–Crippen MR) is 116 cm³/mol. The zero-order chi connectivity index (χ0) is 20.1. The van der Waals surface area contributed by atoms with Crippen LogP contribution in [0.3, 0.4) is 0 Å². The van der Waals surface area contributed by atoms with Gasteiger partial charge in [0.05, 0.1) is 11.6 Å². The summed E-state index contributed by atoms with van der Waals surface area (Å²) in [5, 5.41) is 13.7. The number of para-hydroxylation sites is 1. The highest BCUT2D eigenvalue weighted by atomic mass is 16.1. The van der Waals surface area contributed by atoms with Gasteiger partial charge in [0, 0.05) is 34.8 Å². The van der Waals surface area contributed by atoms with Crippen molar-refractivity contribution < 1.29 is 4.79 Å². The van der Waals surface area contributed by atoms with Crippen molar-refractivity contribution in [2.24, 2.45) is 0 Å². The first-order valence-electron chi connectivity index (χ1n) is 9.69. The Labute approximate surface area is 169 Å². The van der Waals surface area contributed by atoms with Crippen LogP contribution in [-0.2, 0) is 6.42 Å². The van der Waals surface area contributed by atoms with Crippen LogP contribution in [0.5, 0.6) is 0 Å². The molecule has 0 bridgehead atoms. The van der Waals surface area contributed by atoms with Crippen LogP contribution in [0.25, 0.3) is 22.0 Å². The molecule has 0 radical (unpaired) electrons. The zero-order valence-corrected chi connectivity index (χ0v) is 16.0. The normalized spacial score (nSPS) is 10.6. The predicted octanol–water partition coefficient (Wildman–Crippen LogP) is 5.07. The van der Waals surface area contributed by atoms with Crippen LogP contribution < -0.4 is 5.32 Å². The summed E-state index contributed by atoms with van der Waals surface area (Å²) in [4.78, 5) is 16.1. The SMILES string of the molecule is N#Cc1ccccc1-c1ccccc1C(=O)NCCCc1c[nH]c2ccccc12. The number of hydrogen-bond acceptors (Lipinski definition) is 2. The molecular weight excluding hydrogens is 358 g/mol. The van der Waals surface area contributed by atoms with Crippen LogP contribution in [0.4, 0.5) is 0 Å². The molecule has 0 aliphatic carbocycles. The number of H-pyrrole nitrogens is 1. The second kappa shape index (κ2) is 8.45. The van der Waals surface area contributed by atoms with Crippen molar-refractivity contribution in [1.82, 2.24) is 10.3 Å². The monoisotopic (exact) mass is 379 g/mol. The lowest BCUT2D eigenvalue weighted by Crippen LogP contribution is -2.25. The van der Waals surface area contributed by atoms with Crippen LogP contribution in [-0.4, -0.2) is 17.4 Å². The minimum absolute atomic E-state index is 0.118. The van der Waals surface area contributed by atoms with Gasteiger partial charge in [0.1, 0.15) is 0 Å². The van der Waals surface area contributed by atoms with E-state index in [0.29, 0.717) is 17.7 Å². The van der Waals surface area contributed by atoms with Crippen LogP contribution >= 0.6 is 0 Å². The summed E-state index contributed by atoms with van der Waals surface area (Å²) >= 11 is 0. The van der Waals surface area contributed by atoms with Gasteiger partial charge in [0.2, 0.25) is 0 Å². The maximum absolute atomic E-state index is 12.8. The number of aromatic nitrogens is 1. The van der Waals surface area contributed by atoms with E-state index < -0.39 is 0 Å². The van der Waals surface area contributed by atoms with E-state index in [4.69, 9.17) is 0 Å². The first-order valence-corrected chi connectivity index (χ1v) is 9.69. The second-order valence-corrected chi connectivity index (χ2v) is 6.92. The smallest absolute Gasteiger partial charge is 0.251 e. The lowest BCUT2D eigenvalue weighted by atomic mass is 9.95. The van der Waals surface area contributed by atoms with Gasteiger partial charge < -0.3 is 10.3 Å². The summed E-state index contributed by atoms with van der Waals surface area (Å²) in [5.74, 6) is -0.118. The first kappa shape index (κ1) is 18.5. The van der Waals surface area contributed by atoms with Crippen molar-refractivity contribution in [3.05, 3.63) is 95.7 Å². The van der Waals surface area contributed by atoms with Gasteiger partial charge in [-0.3, -0.25) is 4.79 Å². The molecule has 3 aromatic carbocycles. The third kappa shape index (κ3) is 3.90. The number of hydrogen-bond donors (Lipinski definition) is 2. The highest BCUT2D eigenvalue weighted by Crippen LogP contribution is 2.27. The lowest BCUT2D eigenvalue weighted by Gasteiger charge is -2.11. The van der Waals surface area contributed by atoms with Gasteiger partial charge in [-0.2, -0.15) is 5.26 Å². The molecule has 2 N–H and O–H groups in total. The second-order valence-electron chi connectivity index (χ2n) is 6.92. The van der Waals surface area contributed by atoms with Gasteiger partial charge in [-0.05, 0) is 42.2 Å². The summed E-state index contributed by atoms with van der Waals surface area (Å²) < 4.78 is 0. The third-order valence-corrected chi connectivity index (χ3v) is 5.09. The molecule has 1 aromatic heterocycles. The van der Waals surface area contributed by atoms with E-state index in [9.17, 15) is 10.1 Å². The lowest BCUT2D eigenvalue weighted by molar-refractivity contribution is 0.0954. The highest BCUT2D eigenvalue weighted by Gasteiger charge is 2.14. The van der Waals surface area contributed by atoms with Gasteiger partial charge >= 0.3 is 0 Å². The largest absolute Gasteiger partial charge is 0.361 e. The fourth-order valence-corrected chi connectivity index (χ4v) is 3.65. The Bertz CT molecular complexity index is 1200. The number of benzene rings is 3. The molecule has 0 unspecified atom stereocenters. The van der Waals surface area contributed by atoms with Crippen molar-refractivity contribution in [1.29, 1.82) is 5.26 Å². The number of nitrogens with zero attached hydrogens (tertiary/aromatic N) is 1. The quantitative estimate of drug-likeness (QED) is 0.459. The Morgan fingerprint density at radius 1 is 0.931 bits per heavy atom. The van der Waals surface area contributed by atoms with E-state index in [1.807, 2.05) is 54.7 Å². The molecule has 0 aliphatic rings. The van der Waals surface area contributed by atoms with E-state index in [1.165, 1.54) is 10.9 Å². The minimum Gasteiger partial charge on any atom is -0.361 e. The van der Waals surface area contributed by atoms with E-state index in [0.717, 1.165) is 29.5 Å². The number of amides is 1. The molecule has 4 aromatic rings. The van der Waals surface area contributed by atoms with E-state index in [2.05, 4.69) is 28.5 Å². The summed E-state index contributed by atoms with van der Waals surface area (Å²) in [6.45, 7) is 0.590. The van der Waals surface area contributed by atoms with Gasteiger partial charge in [0.15, 0.2) is 0 Å². The number of aromatic amines is 1. The third-order valence-electron chi connectivity index (χ3n) is 5.09. The van der Waals surface area contributed by atoms with Crippen LogP contribution in [0, 0.1) is 11.3 Å². The summed E-state index contributed by atoms with van der Waals surface area (Å²) in [6, 6.07) is 25.2. The van der Waals surface area contributed by atoms with Crippen LogP contribution in [0.15, 0.2) is 79.0 Å². The van der Waals surface area contributed by atoms with Crippen LogP contribution in [0.1, 0.15) is 27.9 Å². The molecule has 0 fully saturated rings. The number of fused-ring (bicyclic) bond motifs is 1. The van der Waals surface area contributed by atoms with E-state index in [1.54, 1.807) is 12.1 Å². The summed E-state index contributed by atoms with van der Waals surface area (Å²) in [7, 11) is 0. The van der Waals surface area contributed by atoms with Crippen molar-refractivity contribution in [3.63, 3.8) is 0 Å². The molecule has 0 saturated heterocycles. The van der Waals surface area contributed by atoms with Crippen molar-refractivity contribution in [2.75, 3.05) is 6.54 Å². The molecular formula is C25H21N3O. The van der Waals surface area contributed by atoms with Gasteiger partial charge in [0.25, 0.3) is 5.91 Å². The van der Waals surface area contributed by atoms with Crippen molar-refractivity contribution in [3.8, 4) is 17.2 Å². The van der Waals surface area contributed by atoms with E-state index in [-0.39, 0.29) is 5.91 Å². The number of carbonyl (C=O) groups excluding carboxylic acids is 1. The molecule has 142 valence electrons. The van der Waals surface area contributed by atoms with Crippen molar-refractivity contribution in [2.45, 2.75) is 12.8 Å². The highest BCUT2D eigenvalue weighted by molar-refractivity contribution is 6.01. The fraction of sp³-hybridized carbons (Fsp3) is 0.120. The maximum Gasteiger partial charge on any atom is 0.251 e. The molecule has 0 saturated carbocycles. The average Bonchev–Trinajstić information content (AvgIpc) is 3.19. The molecule has 4 rings (SSSR count). The molecule has 4 heteroatoms. The Morgan fingerprint density at radius 3 is 2.52 bits per heavy atom. The first-order chi connectivity index (χ1) is 14.3.